The number of carbonyl (C=O) groups excluding carboxylic acids is 1. The molecule has 7 nitrogen and oxygen atoms in total. The highest BCUT2D eigenvalue weighted by molar-refractivity contribution is 5.83. The molecule has 5 rings (SSSR count). The van der Waals surface area contributed by atoms with Crippen LogP contribution < -0.4 is 5.48 Å². The molecule has 2 fully saturated rings. The monoisotopic (exact) mass is 448 g/mol. The average Bonchev–Trinajstić information content (AvgIpc) is 3.30. The lowest BCUT2D eigenvalue weighted by Gasteiger charge is -2.44. The van der Waals surface area contributed by atoms with Crippen LogP contribution in [0.5, 0.6) is 0 Å². The lowest BCUT2D eigenvalue weighted by atomic mass is 9.72. The van der Waals surface area contributed by atoms with Crippen molar-refractivity contribution in [3.05, 3.63) is 65.9 Å². The first-order chi connectivity index (χ1) is 16.2. The standard InChI is InChI=1S/C26H32N4O3/c31-25(28-32)23(17-20-5-2-1-3-6-20)30-19-22-8-4-7-21(24(22)27-30)18-29-13-9-26(10-14-29)11-15-33-16-12-26/h1-8,19,23,32H,9-18H2,(H,28,31). The summed E-state index contributed by atoms with van der Waals surface area (Å²) < 4.78 is 7.28. The molecule has 0 bridgehead atoms. The summed E-state index contributed by atoms with van der Waals surface area (Å²) in [5.74, 6) is -0.467. The second-order valence-corrected chi connectivity index (χ2v) is 9.53. The maximum Gasteiger partial charge on any atom is 0.268 e. The van der Waals surface area contributed by atoms with Crippen molar-refractivity contribution in [1.82, 2.24) is 20.2 Å². The molecule has 1 unspecified atom stereocenters. The summed E-state index contributed by atoms with van der Waals surface area (Å²) in [6.45, 7) is 4.86. The highest BCUT2D eigenvalue weighted by Gasteiger charge is 2.36. The molecule has 0 saturated carbocycles. The Morgan fingerprint density at radius 1 is 1.06 bits per heavy atom. The van der Waals surface area contributed by atoms with E-state index in [-0.39, 0.29) is 0 Å². The first-order valence-electron chi connectivity index (χ1n) is 11.9. The van der Waals surface area contributed by atoms with Crippen LogP contribution in [0.15, 0.2) is 54.7 Å². The lowest BCUT2D eigenvalue weighted by Crippen LogP contribution is -2.42. The summed E-state index contributed by atoms with van der Waals surface area (Å²) in [7, 11) is 0. The fraction of sp³-hybridized carbons (Fsp3) is 0.462. The van der Waals surface area contributed by atoms with E-state index in [1.165, 1.54) is 31.2 Å². The van der Waals surface area contributed by atoms with E-state index in [0.29, 0.717) is 11.8 Å². The number of amides is 1. The number of fused-ring (bicyclic) bond motifs is 1. The molecule has 2 saturated heterocycles. The molecule has 174 valence electrons. The van der Waals surface area contributed by atoms with Gasteiger partial charge in [-0.15, -0.1) is 0 Å². The summed E-state index contributed by atoms with van der Waals surface area (Å²) in [6.07, 6.45) is 7.21. The normalized spacial score (nSPS) is 19.5. The molecule has 2 aromatic carbocycles. The largest absolute Gasteiger partial charge is 0.381 e. The predicted molar refractivity (Wildman–Crippen MR) is 126 cm³/mol. The number of ether oxygens (including phenoxy) is 1. The van der Waals surface area contributed by atoms with Crippen molar-refractivity contribution < 1.29 is 14.7 Å². The van der Waals surface area contributed by atoms with Gasteiger partial charge < -0.3 is 4.74 Å². The second-order valence-electron chi connectivity index (χ2n) is 9.53. The summed E-state index contributed by atoms with van der Waals surface area (Å²) in [6, 6.07) is 15.4. The topological polar surface area (TPSA) is 79.6 Å². The maximum absolute atomic E-state index is 12.5. The lowest BCUT2D eigenvalue weighted by molar-refractivity contribution is -0.132. The molecule has 0 radical (unpaired) electrons. The van der Waals surface area contributed by atoms with E-state index in [4.69, 9.17) is 9.84 Å². The van der Waals surface area contributed by atoms with E-state index >= 15 is 0 Å². The number of nitrogens with zero attached hydrogens (tertiary/aromatic N) is 3. The van der Waals surface area contributed by atoms with Gasteiger partial charge in [0, 0.05) is 37.8 Å². The Balaban J connectivity index is 1.35. The molecule has 7 heteroatoms. The van der Waals surface area contributed by atoms with Crippen molar-refractivity contribution in [2.45, 2.75) is 44.7 Å². The summed E-state index contributed by atoms with van der Waals surface area (Å²) in [4.78, 5) is 15.0. The van der Waals surface area contributed by atoms with Crippen LogP contribution in [0.2, 0.25) is 0 Å². The number of likely N-dealkylation sites (tertiary alicyclic amines) is 1. The number of hydrogen-bond donors (Lipinski definition) is 2. The molecule has 2 aliphatic rings. The van der Waals surface area contributed by atoms with Crippen LogP contribution in [-0.4, -0.2) is 52.1 Å². The smallest absolute Gasteiger partial charge is 0.268 e. The van der Waals surface area contributed by atoms with Crippen molar-refractivity contribution in [2.24, 2.45) is 5.41 Å². The molecular weight excluding hydrogens is 416 g/mol. The van der Waals surface area contributed by atoms with Gasteiger partial charge in [0.1, 0.15) is 6.04 Å². The van der Waals surface area contributed by atoms with Gasteiger partial charge in [0.15, 0.2) is 0 Å². The molecule has 0 aliphatic carbocycles. The van der Waals surface area contributed by atoms with Crippen molar-refractivity contribution in [3.63, 3.8) is 0 Å². The zero-order valence-electron chi connectivity index (χ0n) is 18.9. The van der Waals surface area contributed by atoms with E-state index in [2.05, 4.69) is 17.0 Å². The van der Waals surface area contributed by atoms with Gasteiger partial charge in [-0.2, -0.15) is 5.10 Å². The summed E-state index contributed by atoms with van der Waals surface area (Å²) in [5.41, 5.74) is 5.41. The molecular formula is C26H32N4O3. The number of aromatic nitrogens is 2. The van der Waals surface area contributed by atoms with E-state index in [0.717, 1.165) is 49.3 Å². The Labute approximate surface area is 194 Å². The Kier molecular flexibility index (Phi) is 6.44. The quantitative estimate of drug-likeness (QED) is 0.444. The average molecular weight is 449 g/mol. The van der Waals surface area contributed by atoms with Crippen LogP contribution in [0.25, 0.3) is 10.9 Å². The number of benzene rings is 2. The number of hydroxylamine groups is 1. The van der Waals surface area contributed by atoms with Crippen molar-refractivity contribution >= 4 is 16.8 Å². The molecule has 1 atom stereocenters. The van der Waals surface area contributed by atoms with Crippen LogP contribution in [0, 0.1) is 5.41 Å². The molecule has 2 N–H and O–H groups in total. The van der Waals surface area contributed by atoms with Crippen LogP contribution in [-0.2, 0) is 22.5 Å². The van der Waals surface area contributed by atoms with E-state index in [1.54, 1.807) is 4.68 Å². The summed E-state index contributed by atoms with van der Waals surface area (Å²) in [5, 5.41) is 15.2. The SMILES string of the molecule is O=C(NO)C(Cc1ccccc1)n1cc2cccc(CN3CCC4(CCOCC4)CC3)c2n1. The minimum atomic E-state index is -0.624. The van der Waals surface area contributed by atoms with E-state index in [9.17, 15) is 10.0 Å². The highest BCUT2D eigenvalue weighted by Crippen LogP contribution is 2.41. The third-order valence-electron chi connectivity index (χ3n) is 7.51. The Hall–Kier alpha value is -2.74. The second kappa shape index (κ2) is 9.63. The van der Waals surface area contributed by atoms with Gasteiger partial charge in [-0.05, 0) is 55.3 Å². The Morgan fingerprint density at radius 2 is 1.82 bits per heavy atom. The van der Waals surface area contributed by atoms with Crippen molar-refractivity contribution in [3.8, 4) is 0 Å². The van der Waals surface area contributed by atoms with Crippen LogP contribution in [0.1, 0.15) is 42.9 Å². The number of hydrogen-bond acceptors (Lipinski definition) is 5. The van der Waals surface area contributed by atoms with Gasteiger partial charge >= 0.3 is 0 Å². The molecule has 3 aromatic rings. The summed E-state index contributed by atoms with van der Waals surface area (Å²) >= 11 is 0. The molecule has 3 heterocycles. The van der Waals surface area contributed by atoms with Gasteiger partial charge in [0.25, 0.3) is 5.91 Å². The minimum absolute atomic E-state index is 0.453. The minimum Gasteiger partial charge on any atom is -0.381 e. The van der Waals surface area contributed by atoms with Gasteiger partial charge in [0.05, 0.1) is 5.52 Å². The van der Waals surface area contributed by atoms with Crippen molar-refractivity contribution in [1.29, 1.82) is 0 Å². The van der Waals surface area contributed by atoms with E-state index in [1.807, 2.05) is 48.1 Å². The van der Waals surface area contributed by atoms with Gasteiger partial charge in [-0.3, -0.25) is 19.6 Å². The van der Waals surface area contributed by atoms with Crippen LogP contribution in [0.4, 0.5) is 0 Å². The highest BCUT2D eigenvalue weighted by atomic mass is 16.5. The number of piperidine rings is 1. The Morgan fingerprint density at radius 3 is 2.55 bits per heavy atom. The number of rotatable bonds is 6. The fourth-order valence-electron chi connectivity index (χ4n) is 5.36. The van der Waals surface area contributed by atoms with E-state index < -0.39 is 11.9 Å². The number of nitrogens with one attached hydrogen (secondary N) is 1. The van der Waals surface area contributed by atoms with Gasteiger partial charge in [-0.1, -0.05) is 48.5 Å². The van der Waals surface area contributed by atoms with Gasteiger partial charge in [-0.25, -0.2) is 5.48 Å². The predicted octanol–water partition coefficient (Wildman–Crippen LogP) is 3.72. The third-order valence-corrected chi connectivity index (χ3v) is 7.51. The van der Waals surface area contributed by atoms with Gasteiger partial charge in [0.2, 0.25) is 0 Å². The molecule has 33 heavy (non-hydrogen) atoms. The zero-order chi connectivity index (χ0) is 22.7. The molecule has 1 spiro atoms. The molecule has 1 aromatic heterocycles. The zero-order valence-corrected chi connectivity index (χ0v) is 18.9. The third kappa shape index (κ3) is 4.81. The van der Waals surface area contributed by atoms with Crippen LogP contribution in [0.3, 0.4) is 0 Å². The fourth-order valence-corrected chi connectivity index (χ4v) is 5.36. The maximum atomic E-state index is 12.5. The first-order valence-corrected chi connectivity index (χ1v) is 11.9. The van der Waals surface area contributed by atoms with Crippen molar-refractivity contribution in [2.75, 3.05) is 26.3 Å². The first kappa shape index (κ1) is 22.1. The molecule has 2 aliphatic heterocycles. The molecule has 1 amide bonds. The number of carbonyl (C=O) groups is 1. The van der Waals surface area contributed by atoms with Crippen LogP contribution >= 0.6 is 0 Å². The Bertz CT molecular complexity index is 1080.